The monoisotopic (exact) mass is 917 g/mol. The second-order valence-corrected chi connectivity index (χ2v) is 17.4. The van der Waals surface area contributed by atoms with E-state index in [9.17, 15) is 0 Å². The van der Waals surface area contributed by atoms with Crippen LogP contribution in [0, 0.1) is 27.7 Å². The fourth-order valence-electron chi connectivity index (χ4n) is 9.27. The van der Waals surface area contributed by atoms with Crippen LogP contribution in [-0.2, 0) is 0 Å². The van der Waals surface area contributed by atoms with E-state index in [2.05, 4.69) is 118 Å². The van der Waals surface area contributed by atoms with Crippen molar-refractivity contribution >= 4 is 21.8 Å². The molecule has 0 unspecified atom stereocenters. The predicted octanol–water partition coefficient (Wildman–Crippen LogP) is 13.3. The number of aromatic nitrogens is 11. The Morgan fingerprint density at radius 1 is 0.268 bits per heavy atom. The van der Waals surface area contributed by atoms with E-state index in [0.29, 0.717) is 52.3 Å². The quantitative estimate of drug-likeness (QED) is 0.138. The van der Waals surface area contributed by atoms with Gasteiger partial charge < -0.3 is 4.57 Å². The lowest BCUT2D eigenvalue weighted by Gasteiger charge is -2.17. The van der Waals surface area contributed by atoms with Crippen LogP contribution in [0.5, 0.6) is 0 Å². The first kappa shape index (κ1) is 42.8. The van der Waals surface area contributed by atoms with Gasteiger partial charge in [0.25, 0.3) is 0 Å². The molecular weight excluding hydrogens is 875 g/mol. The lowest BCUT2D eigenvalue weighted by molar-refractivity contribution is 0.928. The molecule has 0 bridgehead atoms. The zero-order valence-corrected chi connectivity index (χ0v) is 39.3. The van der Waals surface area contributed by atoms with Crippen LogP contribution in [0.3, 0.4) is 0 Å². The minimum absolute atomic E-state index is 0.576. The molecule has 0 spiro atoms. The van der Waals surface area contributed by atoms with Crippen LogP contribution >= 0.6 is 0 Å². The van der Waals surface area contributed by atoms with Crippen molar-refractivity contribution < 1.29 is 0 Å². The third kappa shape index (κ3) is 8.35. The summed E-state index contributed by atoms with van der Waals surface area (Å²) in [5.41, 5.74) is 13.1. The summed E-state index contributed by atoms with van der Waals surface area (Å²) in [4.78, 5) is 49.4. The van der Waals surface area contributed by atoms with Crippen molar-refractivity contribution in [3.63, 3.8) is 0 Å². The van der Waals surface area contributed by atoms with E-state index < -0.39 is 0 Å². The van der Waals surface area contributed by atoms with E-state index in [0.717, 1.165) is 89.1 Å². The van der Waals surface area contributed by atoms with Gasteiger partial charge in [-0.3, -0.25) is 0 Å². The third-order valence-corrected chi connectivity index (χ3v) is 12.5. The van der Waals surface area contributed by atoms with E-state index >= 15 is 0 Å². The lowest BCUT2D eigenvalue weighted by Crippen LogP contribution is -2.03. The van der Waals surface area contributed by atoms with Crippen molar-refractivity contribution in [2.24, 2.45) is 0 Å². The van der Waals surface area contributed by atoms with Crippen LogP contribution in [0.15, 0.2) is 188 Å². The molecule has 7 aromatic carbocycles. The number of aryl methyl sites for hydroxylation is 4. The van der Waals surface area contributed by atoms with Crippen molar-refractivity contribution in [2.75, 3.05) is 0 Å². The van der Waals surface area contributed by atoms with Crippen LogP contribution < -0.4 is 0 Å². The maximum atomic E-state index is 5.45. The standard InChI is InChI=1S/C60H43N11/c1-36-61-37(2)64-58(63-36)45-25-28-47-48-29-26-46(59-65-38(3)62-39(4)66-59)33-56(48)71(55(47)32-45)54-30-27-44(60-68-50(40-17-9-5-10-18-40)34-51(69-60)41-19-11-6-12-20-41)31-49(54)53-35-52(42-21-13-7-14-22-42)67-57(70-53)43-23-15-8-16-24-43/h5-35H,1-4H3. The summed E-state index contributed by atoms with van der Waals surface area (Å²) >= 11 is 0. The van der Waals surface area contributed by atoms with Gasteiger partial charge in [0.2, 0.25) is 0 Å². The molecular formula is C60H43N11. The molecule has 0 fully saturated rings. The maximum Gasteiger partial charge on any atom is 0.163 e. The Bertz CT molecular complexity index is 3710. The Morgan fingerprint density at radius 3 is 1.04 bits per heavy atom. The summed E-state index contributed by atoms with van der Waals surface area (Å²) in [7, 11) is 0. The first-order valence-electron chi connectivity index (χ1n) is 23.4. The number of benzene rings is 7. The topological polar surface area (TPSA) is 134 Å². The molecule has 0 N–H and O–H groups in total. The molecule has 0 aliphatic heterocycles. The average molecular weight is 918 g/mol. The SMILES string of the molecule is Cc1nc(C)nc(-c2ccc3c4ccc(-c5nc(C)nc(C)n5)cc4n(-c4ccc(-c5nc(-c6ccccc6)cc(-c6ccccc6)n5)cc4-c4cc(-c5ccccc5)nc(-c5ccccc5)n4)c3c2)n1. The molecule has 0 amide bonds. The molecule has 5 aromatic heterocycles. The molecule has 12 aromatic rings. The second kappa shape index (κ2) is 17.9. The summed E-state index contributed by atoms with van der Waals surface area (Å²) < 4.78 is 2.31. The minimum atomic E-state index is 0.576. The largest absolute Gasteiger partial charge is 0.309 e. The smallest absolute Gasteiger partial charge is 0.163 e. The molecule has 338 valence electrons. The van der Waals surface area contributed by atoms with Crippen LogP contribution in [-0.4, -0.2) is 54.4 Å². The molecule has 11 nitrogen and oxygen atoms in total. The number of nitrogens with zero attached hydrogens (tertiary/aromatic N) is 11. The Morgan fingerprint density at radius 2 is 0.606 bits per heavy atom. The van der Waals surface area contributed by atoms with Crippen molar-refractivity contribution in [1.29, 1.82) is 0 Å². The van der Waals surface area contributed by atoms with Crippen molar-refractivity contribution in [3.05, 3.63) is 211 Å². The summed E-state index contributed by atoms with van der Waals surface area (Å²) in [6, 6.07) is 64.2. The molecule has 0 saturated carbocycles. The summed E-state index contributed by atoms with van der Waals surface area (Å²) in [6.45, 7) is 7.57. The number of fused-ring (bicyclic) bond motifs is 3. The minimum Gasteiger partial charge on any atom is -0.309 e. The van der Waals surface area contributed by atoms with Gasteiger partial charge in [-0.25, -0.2) is 49.8 Å². The lowest BCUT2D eigenvalue weighted by atomic mass is 10.0. The average Bonchev–Trinajstić information content (AvgIpc) is 3.73. The number of rotatable bonds is 9. The summed E-state index contributed by atoms with van der Waals surface area (Å²) in [5.74, 6) is 4.98. The van der Waals surface area contributed by atoms with Gasteiger partial charge >= 0.3 is 0 Å². The first-order valence-corrected chi connectivity index (χ1v) is 23.4. The van der Waals surface area contributed by atoms with E-state index in [-0.39, 0.29) is 0 Å². The maximum absolute atomic E-state index is 5.45. The summed E-state index contributed by atoms with van der Waals surface area (Å²) in [6.07, 6.45) is 0. The highest BCUT2D eigenvalue weighted by Gasteiger charge is 2.23. The second-order valence-electron chi connectivity index (χ2n) is 17.4. The Balaban J connectivity index is 1.18. The molecule has 71 heavy (non-hydrogen) atoms. The molecule has 5 heterocycles. The number of hydrogen-bond donors (Lipinski definition) is 0. The molecule has 0 saturated heterocycles. The molecule has 0 aliphatic rings. The first-order chi connectivity index (χ1) is 34.8. The van der Waals surface area contributed by atoms with Crippen LogP contribution in [0.2, 0.25) is 0 Å². The van der Waals surface area contributed by atoms with Gasteiger partial charge in [-0.1, -0.05) is 146 Å². The van der Waals surface area contributed by atoms with Crippen molar-refractivity contribution in [2.45, 2.75) is 27.7 Å². The Labute approximate surface area is 409 Å². The third-order valence-electron chi connectivity index (χ3n) is 12.5. The Hall–Kier alpha value is -9.48. The summed E-state index contributed by atoms with van der Waals surface area (Å²) in [5, 5.41) is 2.08. The predicted molar refractivity (Wildman–Crippen MR) is 281 cm³/mol. The fourth-order valence-corrected chi connectivity index (χ4v) is 9.27. The van der Waals surface area contributed by atoms with E-state index in [1.807, 2.05) is 113 Å². The molecule has 0 radical (unpaired) electrons. The van der Waals surface area contributed by atoms with Crippen LogP contribution in [0.4, 0.5) is 0 Å². The zero-order valence-electron chi connectivity index (χ0n) is 39.3. The highest BCUT2D eigenvalue weighted by Crippen LogP contribution is 2.41. The van der Waals surface area contributed by atoms with Crippen molar-refractivity contribution in [1.82, 2.24) is 54.4 Å². The molecule has 11 heteroatoms. The molecule has 0 atom stereocenters. The fraction of sp³-hybridized carbons (Fsp3) is 0.0667. The van der Waals surface area contributed by atoms with Crippen molar-refractivity contribution in [3.8, 4) is 96.3 Å². The Kier molecular flexibility index (Phi) is 10.8. The van der Waals surface area contributed by atoms with Gasteiger partial charge in [0.1, 0.15) is 23.3 Å². The molecule has 12 rings (SSSR count). The van der Waals surface area contributed by atoms with Gasteiger partial charge in [-0.2, -0.15) is 0 Å². The van der Waals surface area contributed by atoms with E-state index in [4.69, 9.17) is 39.9 Å². The van der Waals surface area contributed by atoms with Crippen LogP contribution in [0.25, 0.3) is 118 Å². The highest BCUT2D eigenvalue weighted by molar-refractivity contribution is 6.11. The van der Waals surface area contributed by atoms with Gasteiger partial charge in [0, 0.05) is 55.3 Å². The highest BCUT2D eigenvalue weighted by atomic mass is 15.0. The zero-order chi connectivity index (χ0) is 48.0. The van der Waals surface area contributed by atoms with Gasteiger partial charge in [0.05, 0.1) is 39.5 Å². The normalized spacial score (nSPS) is 11.4. The van der Waals surface area contributed by atoms with Crippen LogP contribution in [0.1, 0.15) is 23.3 Å². The van der Waals surface area contributed by atoms with Gasteiger partial charge in [-0.15, -0.1) is 0 Å². The van der Waals surface area contributed by atoms with E-state index in [1.165, 1.54) is 0 Å². The van der Waals surface area contributed by atoms with E-state index in [1.54, 1.807) is 0 Å². The van der Waals surface area contributed by atoms with Gasteiger partial charge in [0.15, 0.2) is 23.3 Å². The number of hydrogen-bond acceptors (Lipinski definition) is 10. The molecule has 0 aliphatic carbocycles. The van der Waals surface area contributed by atoms with Gasteiger partial charge in [-0.05, 0) is 70.2 Å².